The number of rotatable bonds is 8. The first-order valence-electron chi connectivity index (χ1n) is 12.9. The molecular formula is C31H30N2O4. The molecule has 1 N–H and O–H groups in total. The van der Waals surface area contributed by atoms with Gasteiger partial charge in [0.2, 0.25) is 12.7 Å². The van der Waals surface area contributed by atoms with Crippen molar-refractivity contribution in [2.24, 2.45) is 0 Å². The molecule has 1 aliphatic carbocycles. The van der Waals surface area contributed by atoms with Gasteiger partial charge >= 0.3 is 0 Å². The Morgan fingerprint density at radius 2 is 1.76 bits per heavy atom. The number of hydrogen-bond acceptors (Lipinski definition) is 4. The van der Waals surface area contributed by atoms with E-state index in [4.69, 9.17) is 14.2 Å². The Bertz CT molecular complexity index is 1460. The smallest absolute Gasteiger partial charge is 0.231 e. The summed E-state index contributed by atoms with van der Waals surface area (Å²) in [6.45, 7) is 3.24. The van der Waals surface area contributed by atoms with E-state index in [1.807, 2.05) is 43.3 Å². The molecule has 0 atom stereocenters. The second-order valence-corrected chi connectivity index (χ2v) is 9.36. The minimum absolute atomic E-state index is 0.0168. The van der Waals surface area contributed by atoms with E-state index < -0.39 is 0 Å². The third kappa shape index (κ3) is 4.55. The number of benzene rings is 3. The summed E-state index contributed by atoms with van der Waals surface area (Å²) in [6, 6.07) is 24.8. The number of carbonyl (C=O) groups is 1. The van der Waals surface area contributed by atoms with E-state index in [0.717, 1.165) is 47.0 Å². The van der Waals surface area contributed by atoms with E-state index >= 15 is 0 Å². The van der Waals surface area contributed by atoms with E-state index in [-0.39, 0.29) is 12.7 Å². The van der Waals surface area contributed by atoms with Gasteiger partial charge in [0.15, 0.2) is 11.5 Å². The van der Waals surface area contributed by atoms with Gasteiger partial charge in [0, 0.05) is 41.5 Å². The van der Waals surface area contributed by atoms with Crippen LogP contribution in [0.3, 0.4) is 0 Å². The molecule has 6 heteroatoms. The number of amides is 1. The van der Waals surface area contributed by atoms with E-state index in [2.05, 4.69) is 46.3 Å². The average Bonchev–Trinajstić information content (AvgIpc) is 3.55. The number of aromatic nitrogens is 1. The molecule has 1 aromatic heterocycles. The second kappa shape index (κ2) is 10.1. The summed E-state index contributed by atoms with van der Waals surface area (Å²) in [6.07, 6.45) is 3.03. The SMILES string of the molecule is CCOc1ccccc1CNC(=O)CCc1cc2c(n1-c1ccc3c(c1)OCO3)-c1ccccc1CC2. The summed E-state index contributed by atoms with van der Waals surface area (Å²) in [5.41, 5.74) is 8.25. The van der Waals surface area contributed by atoms with Crippen LogP contribution in [-0.2, 0) is 30.6 Å². The third-order valence-corrected chi connectivity index (χ3v) is 7.06. The number of hydrogen-bond donors (Lipinski definition) is 1. The first kappa shape index (κ1) is 23.2. The van der Waals surface area contributed by atoms with E-state index in [1.54, 1.807) is 0 Å². The van der Waals surface area contributed by atoms with Crippen molar-refractivity contribution < 1.29 is 19.0 Å². The van der Waals surface area contributed by atoms with Crippen LogP contribution < -0.4 is 19.5 Å². The molecule has 1 aliphatic heterocycles. The minimum Gasteiger partial charge on any atom is -0.494 e. The van der Waals surface area contributed by atoms with Crippen molar-refractivity contribution in [3.63, 3.8) is 0 Å². The van der Waals surface area contributed by atoms with Gasteiger partial charge in [-0.1, -0.05) is 42.5 Å². The summed E-state index contributed by atoms with van der Waals surface area (Å²) in [5, 5.41) is 3.07. The predicted octanol–water partition coefficient (Wildman–Crippen LogP) is 5.62. The Morgan fingerprint density at radius 1 is 0.946 bits per heavy atom. The fraction of sp³-hybridized carbons (Fsp3) is 0.258. The molecule has 0 spiro atoms. The first-order chi connectivity index (χ1) is 18.2. The summed E-state index contributed by atoms with van der Waals surface area (Å²) < 4.78 is 19.2. The lowest BCUT2D eigenvalue weighted by Crippen LogP contribution is -2.23. The van der Waals surface area contributed by atoms with Crippen molar-refractivity contribution >= 4 is 5.91 Å². The Hall–Kier alpha value is -4.19. The number of ether oxygens (including phenoxy) is 3. The van der Waals surface area contributed by atoms with Crippen molar-refractivity contribution in [1.82, 2.24) is 9.88 Å². The molecule has 0 saturated carbocycles. The van der Waals surface area contributed by atoms with Crippen molar-refractivity contribution in [3.05, 3.63) is 95.2 Å². The molecule has 6 rings (SSSR count). The normalized spacial score (nSPS) is 13.1. The maximum absolute atomic E-state index is 12.9. The number of aryl methyl sites for hydroxylation is 3. The maximum atomic E-state index is 12.9. The van der Waals surface area contributed by atoms with Crippen molar-refractivity contribution in [1.29, 1.82) is 0 Å². The number of fused-ring (bicyclic) bond motifs is 4. The van der Waals surface area contributed by atoms with Crippen LogP contribution in [0.25, 0.3) is 16.9 Å². The monoisotopic (exact) mass is 494 g/mol. The van der Waals surface area contributed by atoms with Crippen LogP contribution in [0, 0.1) is 0 Å². The van der Waals surface area contributed by atoms with Gasteiger partial charge in [-0.3, -0.25) is 4.79 Å². The first-order valence-corrected chi connectivity index (χ1v) is 12.9. The Labute approximate surface area is 216 Å². The van der Waals surface area contributed by atoms with Crippen molar-refractivity contribution in [2.75, 3.05) is 13.4 Å². The lowest BCUT2D eigenvalue weighted by atomic mass is 9.90. The second-order valence-electron chi connectivity index (χ2n) is 9.36. The fourth-order valence-electron chi connectivity index (χ4n) is 5.32. The lowest BCUT2D eigenvalue weighted by molar-refractivity contribution is -0.121. The van der Waals surface area contributed by atoms with Crippen LogP contribution in [0.2, 0.25) is 0 Å². The van der Waals surface area contributed by atoms with Gasteiger partial charge in [0.1, 0.15) is 5.75 Å². The summed E-state index contributed by atoms with van der Waals surface area (Å²) >= 11 is 0. The standard InChI is InChI=1S/C31H30N2O4/c1-2-35-27-10-6-4-8-23(27)19-32-30(34)16-14-24-17-22-12-11-21-7-3-5-9-26(21)31(22)33(24)25-13-15-28-29(18-25)37-20-36-28/h3-10,13,15,17-18H,2,11-12,14,16,19-20H2,1H3,(H,32,34). The van der Waals surface area contributed by atoms with Gasteiger partial charge in [-0.15, -0.1) is 0 Å². The largest absolute Gasteiger partial charge is 0.494 e. The topological polar surface area (TPSA) is 61.7 Å². The Kier molecular flexibility index (Phi) is 6.31. The van der Waals surface area contributed by atoms with Crippen molar-refractivity contribution in [2.45, 2.75) is 39.2 Å². The molecule has 4 aromatic rings. The summed E-state index contributed by atoms with van der Waals surface area (Å²) in [4.78, 5) is 12.9. The van der Waals surface area contributed by atoms with Crippen molar-refractivity contribution in [3.8, 4) is 34.2 Å². The lowest BCUT2D eigenvalue weighted by Gasteiger charge is -2.21. The number of para-hydroxylation sites is 1. The molecule has 1 amide bonds. The quantitative estimate of drug-likeness (QED) is 0.345. The highest BCUT2D eigenvalue weighted by Crippen LogP contribution is 2.40. The number of carbonyl (C=O) groups excluding carboxylic acids is 1. The van der Waals surface area contributed by atoms with Gasteiger partial charge in [0.25, 0.3) is 0 Å². The number of nitrogens with one attached hydrogen (secondary N) is 1. The summed E-state index contributed by atoms with van der Waals surface area (Å²) in [7, 11) is 0. The molecule has 2 aliphatic rings. The average molecular weight is 495 g/mol. The highest BCUT2D eigenvalue weighted by atomic mass is 16.7. The third-order valence-electron chi connectivity index (χ3n) is 7.06. The predicted molar refractivity (Wildman–Crippen MR) is 143 cm³/mol. The van der Waals surface area contributed by atoms with Crippen LogP contribution in [-0.4, -0.2) is 23.9 Å². The van der Waals surface area contributed by atoms with E-state index in [1.165, 1.54) is 22.4 Å². The maximum Gasteiger partial charge on any atom is 0.231 e. The van der Waals surface area contributed by atoms with Crippen LogP contribution in [0.1, 0.15) is 35.7 Å². The Morgan fingerprint density at radius 3 is 2.68 bits per heavy atom. The van der Waals surface area contributed by atoms with Crippen LogP contribution in [0.5, 0.6) is 17.2 Å². The molecule has 3 aromatic carbocycles. The van der Waals surface area contributed by atoms with Gasteiger partial charge in [-0.25, -0.2) is 0 Å². The zero-order chi connectivity index (χ0) is 25.2. The molecule has 0 bridgehead atoms. The van der Waals surface area contributed by atoms with Crippen LogP contribution in [0.4, 0.5) is 0 Å². The molecule has 0 unspecified atom stereocenters. The molecular weight excluding hydrogens is 464 g/mol. The fourth-order valence-corrected chi connectivity index (χ4v) is 5.32. The van der Waals surface area contributed by atoms with Gasteiger partial charge in [-0.2, -0.15) is 0 Å². The van der Waals surface area contributed by atoms with E-state index in [9.17, 15) is 4.79 Å². The molecule has 0 fully saturated rings. The minimum atomic E-state index is 0.0168. The van der Waals surface area contributed by atoms with Gasteiger partial charge in [0.05, 0.1) is 12.3 Å². The van der Waals surface area contributed by atoms with Crippen LogP contribution in [0.15, 0.2) is 72.8 Å². The number of nitrogens with zero attached hydrogens (tertiary/aromatic N) is 1. The zero-order valence-corrected chi connectivity index (χ0v) is 21.0. The highest BCUT2D eigenvalue weighted by molar-refractivity contribution is 5.77. The molecule has 0 radical (unpaired) electrons. The molecule has 0 saturated heterocycles. The van der Waals surface area contributed by atoms with Gasteiger partial charge < -0.3 is 24.1 Å². The molecule has 188 valence electrons. The van der Waals surface area contributed by atoms with Crippen LogP contribution >= 0.6 is 0 Å². The Balaban J connectivity index is 1.27. The summed E-state index contributed by atoms with van der Waals surface area (Å²) in [5.74, 6) is 2.34. The molecule has 37 heavy (non-hydrogen) atoms. The zero-order valence-electron chi connectivity index (χ0n) is 21.0. The highest BCUT2D eigenvalue weighted by Gasteiger charge is 2.25. The van der Waals surface area contributed by atoms with E-state index in [0.29, 0.717) is 26.0 Å². The molecule has 6 nitrogen and oxygen atoms in total. The van der Waals surface area contributed by atoms with Gasteiger partial charge in [-0.05, 0) is 61.6 Å². The molecule has 2 heterocycles.